The van der Waals surface area contributed by atoms with Crippen LogP contribution in [-0.2, 0) is 12.0 Å². The van der Waals surface area contributed by atoms with E-state index in [1.807, 2.05) is 0 Å². The fourth-order valence-electron chi connectivity index (χ4n) is 4.10. The third kappa shape index (κ3) is 5.52. The second-order valence-electron chi connectivity index (χ2n) is 8.46. The Balaban J connectivity index is 1.57. The Morgan fingerprint density at radius 2 is 1.83 bits per heavy atom. The summed E-state index contributed by atoms with van der Waals surface area (Å²) >= 11 is 0.933. The molecule has 0 radical (unpaired) electrons. The first-order chi connectivity index (χ1) is 16.9. The summed E-state index contributed by atoms with van der Waals surface area (Å²) in [6.07, 6.45) is -7.42. The van der Waals surface area contributed by atoms with E-state index < -0.39 is 30.1 Å². The molecule has 2 aromatic heterocycles. The van der Waals surface area contributed by atoms with Gasteiger partial charge in [-0.3, -0.25) is 9.51 Å². The number of ether oxygens (including phenoxy) is 2. The lowest BCUT2D eigenvalue weighted by Gasteiger charge is -2.37. The molecule has 0 bridgehead atoms. The van der Waals surface area contributed by atoms with Crippen LogP contribution in [0.4, 0.5) is 26.3 Å². The zero-order valence-corrected chi connectivity index (χ0v) is 19.7. The summed E-state index contributed by atoms with van der Waals surface area (Å²) in [4.78, 5) is 18.2. The van der Waals surface area contributed by atoms with Gasteiger partial charge >= 0.3 is 18.1 Å². The van der Waals surface area contributed by atoms with E-state index in [1.165, 1.54) is 18.2 Å². The van der Waals surface area contributed by atoms with Crippen LogP contribution in [0.5, 0.6) is 11.5 Å². The Labute approximate surface area is 204 Å². The number of nitrogens with one attached hydrogen (secondary N) is 1. The van der Waals surface area contributed by atoms with Gasteiger partial charge in [-0.25, -0.2) is 9.78 Å². The van der Waals surface area contributed by atoms with E-state index in [1.54, 1.807) is 6.92 Å². The molecule has 2 heterocycles. The summed E-state index contributed by atoms with van der Waals surface area (Å²) in [5, 5.41) is 3.46. The number of hydrogen-bond donors (Lipinski definition) is 1. The Morgan fingerprint density at radius 3 is 2.44 bits per heavy atom. The van der Waals surface area contributed by atoms with Crippen LogP contribution in [0.2, 0.25) is 0 Å². The van der Waals surface area contributed by atoms with Crippen molar-refractivity contribution in [1.29, 1.82) is 0 Å². The SMILES string of the molecule is Cc1nc(C2(C(F)(F)F)CCCCC2)sc1COc1ccc(-c2noc(=O)[nH]2)c(OCC(F)(F)F)c1. The standard InChI is InChI=1S/C22H21F6N3O4S/c1-12-16(36-18(29-12)20(22(26,27)28)7-3-2-4-8-20)10-33-13-5-6-14(17-30-19(32)35-31-17)15(9-13)34-11-21(23,24)25/h5-6,9H,2-4,7-8,10-11H2,1H3,(H,30,31,32). The van der Waals surface area contributed by atoms with Gasteiger partial charge in [-0.05, 0) is 31.9 Å². The quantitative estimate of drug-likeness (QED) is 0.368. The number of H-pyrrole nitrogens is 1. The number of halogens is 6. The van der Waals surface area contributed by atoms with E-state index in [0.29, 0.717) is 23.4 Å². The predicted molar refractivity (Wildman–Crippen MR) is 116 cm³/mol. The largest absolute Gasteiger partial charge is 0.488 e. The summed E-state index contributed by atoms with van der Waals surface area (Å²) in [6, 6.07) is 3.89. The van der Waals surface area contributed by atoms with Crippen molar-refractivity contribution in [2.24, 2.45) is 0 Å². The zero-order valence-electron chi connectivity index (χ0n) is 18.9. The third-order valence-corrected chi connectivity index (χ3v) is 7.30. The normalized spacial score (nSPS) is 16.2. The first kappa shape index (κ1) is 26.0. The molecule has 1 saturated carbocycles. The zero-order chi connectivity index (χ0) is 26.1. The molecule has 196 valence electrons. The van der Waals surface area contributed by atoms with Gasteiger partial charge in [0.1, 0.15) is 28.5 Å². The van der Waals surface area contributed by atoms with Crippen LogP contribution >= 0.6 is 11.3 Å². The average Bonchev–Trinajstić information content (AvgIpc) is 3.41. The second-order valence-corrected chi connectivity index (χ2v) is 9.55. The molecule has 14 heteroatoms. The number of alkyl halides is 6. The average molecular weight is 537 g/mol. The van der Waals surface area contributed by atoms with Crippen molar-refractivity contribution in [3.8, 4) is 22.9 Å². The van der Waals surface area contributed by atoms with Crippen molar-refractivity contribution in [2.45, 2.75) is 63.4 Å². The van der Waals surface area contributed by atoms with Crippen LogP contribution in [-0.4, -0.2) is 34.1 Å². The van der Waals surface area contributed by atoms with Crippen molar-refractivity contribution < 1.29 is 40.3 Å². The van der Waals surface area contributed by atoms with E-state index in [0.717, 1.165) is 17.8 Å². The number of aromatic amines is 1. The highest BCUT2D eigenvalue weighted by atomic mass is 32.1. The highest BCUT2D eigenvalue weighted by molar-refractivity contribution is 7.11. The lowest BCUT2D eigenvalue weighted by atomic mass is 9.74. The topological polar surface area (TPSA) is 90.2 Å². The minimum atomic E-state index is -4.63. The molecular formula is C22H21F6N3O4S. The molecule has 1 aliphatic carbocycles. The van der Waals surface area contributed by atoms with Crippen LogP contribution in [0.1, 0.15) is 47.7 Å². The molecule has 1 fully saturated rings. The maximum absolute atomic E-state index is 14.1. The first-order valence-electron chi connectivity index (χ1n) is 10.9. The van der Waals surface area contributed by atoms with Crippen LogP contribution in [0.25, 0.3) is 11.4 Å². The Kier molecular flexibility index (Phi) is 7.08. The molecule has 1 N–H and O–H groups in total. The Bertz CT molecular complexity index is 1260. The molecule has 0 unspecified atom stereocenters. The van der Waals surface area contributed by atoms with E-state index in [2.05, 4.69) is 19.6 Å². The monoisotopic (exact) mass is 537 g/mol. The van der Waals surface area contributed by atoms with Crippen LogP contribution < -0.4 is 15.2 Å². The van der Waals surface area contributed by atoms with E-state index in [4.69, 9.17) is 9.47 Å². The number of thiazole rings is 1. The lowest BCUT2D eigenvalue weighted by molar-refractivity contribution is -0.199. The number of rotatable bonds is 7. The number of aromatic nitrogens is 3. The highest BCUT2D eigenvalue weighted by Crippen LogP contribution is 2.52. The van der Waals surface area contributed by atoms with E-state index in [-0.39, 0.29) is 47.3 Å². The van der Waals surface area contributed by atoms with Gasteiger partial charge in [-0.15, -0.1) is 11.3 Å². The van der Waals surface area contributed by atoms with E-state index >= 15 is 0 Å². The van der Waals surface area contributed by atoms with Crippen molar-refractivity contribution in [2.75, 3.05) is 6.61 Å². The number of aryl methyl sites for hydroxylation is 1. The third-order valence-electron chi connectivity index (χ3n) is 5.96. The summed E-state index contributed by atoms with van der Waals surface area (Å²) in [6.45, 7) is -0.161. The number of benzene rings is 1. The van der Waals surface area contributed by atoms with Gasteiger partial charge in [-0.2, -0.15) is 26.3 Å². The highest BCUT2D eigenvalue weighted by Gasteiger charge is 2.57. The molecule has 0 atom stereocenters. The number of nitrogens with zero attached hydrogens (tertiary/aromatic N) is 2. The summed E-state index contributed by atoms with van der Waals surface area (Å²) in [5.41, 5.74) is -1.55. The summed E-state index contributed by atoms with van der Waals surface area (Å²) in [7, 11) is 0. The van der Waals surface area contributed by atoms with Gasteiger partial charge in [-0.1, -0.05) is 24.4 Å². The molecule has 36 heavy (non-hydrogen) atoms. The smallest absolute Gasteiger partial charge is 0.439 e. The lowest BCUT2D eigenvalue weighted by Crippen LogP contribution is -2.43. The summed E-state index contributed by atoms with van der Waals surface area (Å²) < 4.78 is 95.3. The van der Waals surface area contributed by atoms with Crippen molar-refractivity contribution >= 4 is 11.3 Å². The maximum Gasteiger partial charge on any atom is 0.439 e. The van der Waals surface area contributed by atoms with Gasteiger partial charge in [0.25, 0.3) is 0 Å². The molecule has 0 amide bonds. The van der Waals surface area contributed by atoms with Crippen molar-refractivity contribution in [3.63, 3.8) is 0 Å². The molecule has 0 saturated heterocycles. The fourth-order valence-corrected chi connectivity index (χ4v) is 5.34. The van der Waals surface area contributed by atoms with Gasteiger partial charge in [0.05, 0.1) is 16.1 Å². The maximum atomic E-state index is 14.1. The van der Waals surface area contributed by atoms with Crippen molar-refractivity contribution in [1.82, 2.24) is 15.1 Å². The minimum Gasteiger partial charge on any atom is -0.488 e. The molecule has 0 aliphatic heterocycles. The Hall–Kier alpha value is -3.03. The van der Waals surface area contributed by atoms with Crippen LogP contribution in [0, 0.1) is 6.92 Å². The van der Waals surface area contributed by atoms with Crippen LogP contribution in [0.3, 0.4) is 0 Å². The Morgan fingerprint density at radius 1 is 1.11 bits per heavy atom. The molecule has 1 aromatic carbocycles. The van der Waals surface area contributed by atoms with Gasteiger partial charge < -0.3 is 9.47 Å². The summed E-state index contributed by atoms with van der Waals surface area (Å²) in [5.74, 6) is -1.23. The van der Waals surface area contributed by atoms with E-state index in [9.17, 15) is 31.1 Å². The van der Waals surface area contributed by atoms with Crippen molar-refractivity contribution in [3.05, 3.63) is 44.3 Å². The predicted octanol–water partition coefficient (Wildman–Crippen LogP) is 6.08. The van der Waals surface area contributed by atoms with Gasteiger partial charge in [0.2, 0.25) is 0 Å². The first-order valence-corrected chi connectivity index (χ1v) is 11.8. The van der Waals surface area contributed by atoms with Gasteiger partial charge in [0.15, 0.2) is 12.4 Å². The fraction of sp³-hybridized carbons (Fsp3) is 0.500. The van der Waals surface area contributed by atoms with Gasteiger partial charge in [0, 0.05) is 6.07 Å². The van der Waals surface area contributed by atoms with Crippen LogP contribution in [0.15, 0.2) is 27.5 Å². The minimum absolute atomic E-state index is 0.00494. The molecule has 4 rings (SSSR count). The number of hydrogen-bond acceptors (Lipinski definition) is 7. The molecular weight excluding hydrogens is 516 g/mol. The molecule has 0 spiro atoms. The second kappa shape index (κ2) is 9.79. The molecule has 3 aromatic rings. The molecule has 7 nitrogen and oxygen atoms in total. The molecule has 1 aliphatic rings.